The molecule has 0 fully saturated rings. The molecule has 0 saturated carbocycles. The Morgan fingerprint density at radius 1 is 1.29 bits per heavy atom. The summed E-state index contributed by atoms with van der Waals surface area (Å²) in [4.78, 5) is 23.4. The zero-order valence-electron chi connectivity index (χ0n) is 12.5. The number of carboxylic acid groups (broad SMARTS) is 1. The molecule has 1 atom stereocenters. The van der Waals surface area contributed by atoms with Crippen LogP contribution in [0, 0.1) is 0 Å². The number of hydrogen-bond acceptors (Lipinski definition) is 4. The molecule has 0 aliphatic carbocycles. The average Bonchev–Trinajstić information content (AvgIpc) is 2.50. The fraction of sp³-hybridized carbons (Fsp3) is 0.467. The van der Waals surface area contributed by atoms with Gasteiger partial charge in [-0.25, -0.2) is 4.79 Å². The van der Waals surface area contributed by atoms with Gasteiger partial charge in [0.05, 0.1) is 19.8 Å². The summed E-state index contributed by atoms with van der Waals surface area (Å²) in [5.41, 5.74) is 0.279. The highest BCUT2D eigenvalue weighted by Gasteiger charge is 2.22. The summed E-state index contributed by atoms with van der Waals surface area (Å²) in [7, 11) is 2.96. The maximum Gasteiger partial charge on any atom is 0.326 e. The normalized spacial score (nSPS) is 11.6. The molecular formula is C15H21NO5. The van der Waals surface area contributed by atoms with Crippen molar-refractivity contribution in [1.82, 2.24) is 5.32 Å². The highest BCUT2D eigenvalue weighted by molar-refractivity contribution is 5.99. The van der Waals surface area contributed by atoms with Gasteiger partial charge in [-0.15, -0.1) is 0 Å². The summed E-state index contributed by atoms with van der Waals surface area (Å²) in [6, 6.07) is 3.85. The van der Waals surface area contributed by atoms with Crippen LogP contribution in [0.3, 0.4) is 0 Å². The zero-order valence-corrected chi connectivity index (χ0v) is 12.5. The molecule has 0 aliphatic heterocycles. The second-order valence-electron chi connectivity index (χ2n) is 4.57. The minimum Gasteiger partial charge on any atom is -0.497 e. The fourth-order valence-electron chi connectivity index (χ4n) is 1.89. The standard InChI is InChI=1S/C15H21NO5/c1-4-5-6-12(15(18)19)16-14(17)11-8-7-10(20-2)9-13(11)21-3/h7-9,12H,4-6H2,1-3H3,(H,16,17)(H,18,19)/t12-/m0/s1. The van der Waals surface area contributed by atoms with Gasteiger partial charge >= 0.3 is 5.97 Å². The van der Waals surface area contributed by atoms with Crippen molar-refractivity contribution in [3.63, 3.8) is 0 Å². The number of carboxylic acids is 1. The summed E-state index contributed by atoms with van der Waals surface area (Å²) < 4.78 is 10.2. The fourth-order valence-corrected chi connectivity index (χ4v) is 1.89. The molecule has 0 bridgehead atoms. The predicted molar refractivity (Wildman–Crippen MR) is 78.0 cm³/mol. The maximum absolute atomic E-state index is 12.2. The van der Waals surface area contributed by atoms with Crippen LogP contribution in [-0.4, -0.2) is 37.2 Å². The molecule has 0 radical (unpaired) electrons. The zero-order chi connectivity index (χ0) is 15.8. The molecule has 116 valence electrons. The monoisotopic (exact) mass is 295 g/mol. The molecule has 21 heavy (non-hydrogen) atoms. The number of amides is 1. The molecule has 0 heterocycles. The lowest BCUT2D eigenvalue weighted by atomic mass is 10.1. The van der Waals surface area contributed by atoms with E-state index in [2.05, 4.69) is 5.32 Å². The minimum absolute atomic E-state index is 0.279. The van der Waals surface area contributed by atoms with E-state index in [1.54, 1.807) is 18.2 Å². The van der Waals surface area contributed by atoms with Crippen molar-refractivity contribution in [2.24, 2.45) is 0 Å². The number of aliphatic carboxylic acids is 1. The molecule has 0 aliphatic rings. The van der Waals surface area contributed by atoms with Crippen LogP contribution >= 0.6 is 0 Å². The van der Waals surface area contributed by atoms with Crippen LogP contribution in [0.4, 0.5) is 0 Å². The molecule has 6 heteroatoms. The number of carbonyl (C=O) groups excluding carboxylic acids is 1. The quantitative estimate of drug-likeness (QED) is 0.767. The van der Waals surface area contributed by atoms with Crippen molar-refractivity contribution in [1.29, 1.82) is 0 Å². The number of methoxy groups -OCH3 is 2. The highest BCUT2D eigenvalue weighted by atomic mass is 16.5. The Hall–Kier alpha value is -2.24. The summed E-state index contributed by atoms with van der Waals surface area (Å²) in [5.74, 6) is -0.613. The first-order chi connectivity index (χ1) is 10.0. The van der Waals surface area contributed by atoms with E-state index in [1.165, 1.54) is 14.2 Å². The van der Waals surface area contributed by atoms with Crippen molar-refractivity contribution in [2.45, 2.75) is 32.2 Å². The predicted octanol–water partition coefficient (Wildman–Crippen LogP) is 2.08. The first kappa shape index (κ1) is 16.8. The molecule has 1 aromatic carbocycles. The van der Waals surface area contributed by atoms with Gasteiger partial charge in [-0.05, 0) is 18.6 Å². The summed E-state index contributed by atoms with van der Waals surface area (Å²) in [6.07, 6.45) is 2.00. The van der Waals surface area contributed by atoms with Crippen molar-refractivity contribution in [3.8, 4) is 11.5 Å². The average molecular weight is 295 g/mol. The Balaban J connectivity index is 2.89. The van der Waals surface area contributed by atoms with E-state index >= 15 is 0 Å². The number of nitrogens with one attached hydrogen (secondary N) is 1. The van der Waals surface area contributed by atoms with E-state index < -0.39 is 17.9 Å². The van der Waals surface area contributed by atoms with Crippen LogP contribution in [0.15, 0.2) is 18.2 Å². The SMILES string of the molecule is CCCC[C@H](NC(=O)c1ccc(OC)cc1OC)C(=O)O. The van der Waals surface area contributed by atoms with Gasteiger partial charge in [0.25, 0.3) is 5.91 Å². The van der Waals surface area contributed by atoms with Crippen LogP contribution < -0.4 is 14.8 Å². The third-order valence-electron chi connectivity index (χ3n) is 3.10. The van der Waals surface area contributed by atoms with Crippen molar-refractivity contribution >= 4 is 11.9 Å². The number of carbonyl (C=O) groups is 2. The van der Waals surface area contributed by atoms with Gasteiger partial charge < -0.3 is 19.9 Å². The van der Waals surface area contributed by atoms with E-state index in [4.69, 9.17) is 14.6 Å². The number of hydrogen-bond donors (Lipinski definition) is 2. The molecule has 0 spiro atoms. The Morgan fingerprint density at radius 3 is 2.52 bits per heavy atom. The molecule has 2 N–H and O–H groups in total. The molecular weight excluding hydrogens is 274 g/mol. The Kier molecular flexibility index (Phi) is 6.52. The Morgan fingerprint density at radius 2 is 2.00 bits per heavy atom. The first-order valence-electron chi connectivity index (χ1n) is 6.79. The van der Waals surface area contributed by atoms with Crippen molar-refractivity contribution in [2.75, 3.05) is 14.2 Å². The van der Waals surface area contributed by atoms with E-state index in [-0.39, 0.29) is 5.56 Å². The van der Waals surface area contributed by atoms with Gasteiger partial charge in [-0.1, -0.05) is 19.8 Å². The van der Waals surface area contributed by atoms with Crippen LogP contribution in [0.25, 0.3) is 0 Å². The second kappa shape index (κ2) is 8.14. The number of unbranched alkanes of at least 4 members (excludes halogenated alkanes) is 1. The molecule has 0 unspecified atom stereocenters. The van der Waals surface area contributed by atoms with E-state index in [1.807, 2.05) is 6.92 Å². The van der Waals surface area contributed by atoms with Crippen LogP contribution in [-0.2, 0) is 4.79 Å². The third-order valence-corrected chi connectivity index (χ3v) is 3.10. The van der Waals surface area contributed by atoms with E-state index in [9.17, 15) is 9.59 Å². The van der Waals surface area contributed by atoms with E-state index in [0.29, 0.717) is 17.9 Å². The largest absolute Gasteiger partial charge is 0.497 e. The van der Waals surface area contributed by atoms with Crippen LogP contribution in [0.1, 0.15) is 36.5 Å². The smallest absolute Gasteiger partial charge is 0.326 e. The molecule has 1 amide bonds. The lowest BCUT2D eigenvalue weighted by molar-refractivity contribution is -0.139. The number of benzene rings is 1. The van der Waals surface area contributed by atoms with Gasteiger partial charge in [0.15, 0.2) is 0 Å². The van der Waals surface area contributed by atoms with Gasteiger partial charge in [0.1, 0.15) is 17.5 Å². The number of rotatable bonds is 8. The van der Waals surface area contributed by atoms with E-state index in [0.717, 1.165) is 12.8 Å². The van der Waals surface area contributed by atoms with Gasteiger partial charge in [0, 0.05) is 6.07 Å². The van der Waals surface area contributed by atoms with Crippen molar-refractivity contribution in [3.05, 3.63) is 23.8 Å². The molecule has 1 aromatic rings. The van der Waals surface area contributed by atoms with Gasteiger partial charge in [-0.3, -0.25) is 4.79 Å². The van der Waals surface area contributed by atoms with Crippen molar-refractivity contribution < 1.29 is 24.2 Å². The highest BCUT2D eigenvalue weighted by Crippen LogP contribution is 2.24. The van der Waals surface area contributed by atoms with Crippen LogP contribution in [0.2, 0.25) is 0 Å². The molecule has 0 aromatic heterocycles. The first-order valence-corrected chi connectivity index (χ1v) is 6.79. The third kappa shape index (κ3) is 4.66. The lowest BCUT2D eigenvalue weighted by Gasteiger charge is -2.16. The Labute approximate surface area is 124 Å². The number of ether oxygens (including phenoxy) is 2. The lowest BCUT2D eigenvalue weighted by Crippen LogP contribution is -2.40. The van der Waals surface area contributed by atoms with Gasteiger partial charge in [0.2, 0.25) is 0 Å². The van der Waals surface area contributed by atoms with Crippen LogP contribution in [0.5, 0.6) is 11.5 Å². The minimum atomic E-state index is -1.04. The Bertz CT molecular complexity index is 501. The second-order valence-corrected chi connectivity index (χ2v) is 4.57. The molecule has 6 nitrogen and oxygen atoms in total. The molecule has 1 rings (SSSR count). The van der Waals surface area contributed by atoms with Gasteiger partial charge in [-0.2, -0.15) is 0 Å². The summed E-state index contributed by atoms with van der Waals surface area (Å²) in [6.45, 7) is 1.97. The summed E-state index contributed by atoms with van der Waals surface area (Å²) in [5, 5.41) is 11.7. The maximum atomic E-state index is 12.2. The summed E-state index contributed by atoms with van der Waals surface area (Å²) >= 11 is 0. The molecule has 0 saturated heterocycles. The topological polar surface area (TPSA) is 84.9 Å².